The number of hydrogen-bond acceptors (Lipinski definition) is 5. The second kappa shape index (κ2) is 9.74. The predicted molar refractivity (Wildman–Crippen MR) is 130 cm³/mol. The highest BCUT2D eigenvalue weighted by Gasteiger charge is 2.29. The van der Waals surface area contributed by atoms with Crippen LogP contribution < -0.4 is 14.4 Å². The average molecular weight is 482 g/mol. The molecule has 3 aromatic rings. The molecule has 178 valence electrons. The zero-order valence-corrected chi connectivity index (χ0v) is 19.7. The second-order valence-corrected chi connectivity index (χ2v) is 10.5. The fraction of sp³-hybridized carbons (Fsp3) is 0.308. The number of nitrogens with zero attached hydrogens (tertiary/aromatic N) is 2. The van der Waals surface area contributed by atoms with Gasteiger partial charge in [0.05, 0.1) is 6.04 Å². The normalized spacial score (nSPS) is 20.3. The van der Waals surface area contributed by atoms with Gasteiger partial charge in [-0.3, -0.25) is 4.90 Å². The lowest BCUT2D eigenvalue weighted by molar-refractivity contribution is 0.246. The molecular weight excluding hydrogens is 453 g/mol. The standard InChI is InChI=1S/C26H28FN3O3S/c27-24-9-5-4-8-21(24)18-29-12-14-30(15-13-29)23-10-11-26-25(17-23)33-19-22(28-34(26,31)32)16-20-6-2-1-3-7-20/h1-11,17,22,28H,12-16,18-19H2/t22-/m0/s1. The molecule has 0 amide bonds. The second-order valence-electron chi connectivity index (χ2n) is 8.80. The van der Waals surface area contributed by atoms with Gasteiger partial charge in [0, 0.05) is 50.0 Å². The molecule has 0 aliphatic carbocycles. The van der Waals surface area contributed by atoms with E-state index in [1.165, 1.54) is 6.07 Å². The molecule has 8 heteroatoms. The number of hydrogen-bond donors (Lipinski definition) is 1. The van der Waals surface area contributed by atoms with E-state index >= 15 is 0 Å². The molecule has 0 saturated carbocycles. The van der Waals surface area contributed by atoms with Crippen LogP contribution in [0.2, 0.25) is 0 Å². The van der Waals surface area contributed by atoms with Crippen LogP contribution in [0, 0.1) is 5.82 Å². The number of nitrogens with one attached hydrogen (secondary N) is 1. The quantitative estimate of drug-likeness (QED) is 0.605. The number of rotatable bonds is 5. The minimum Gasteiger partial charge on any atom is -0.490 e. The van der Waals surface area contributed by atoms with Crippen LogP contribution in [-0.4, -0.2) is 52.1 Å². The molecule has 2 aliphatic rings. The van der Waals surface area contributed by atoms with Crippen molar-refractivity contribution in [2.75, 3.05) is 37.7 Å². The number of halogens is 1. The highest BCUT2D eigenvalue weighted by atomic mass is 32.2. The first kappa shape index (κ1) is 22.8. The Hall–Kier alpha value is -2.94. The Morgan fingerprint density at radius 3 is 2.44 bits per heavy atom. The van der Waals surface area contributed by atoms with Crippen molar-refractivity contribution < 1.29 is 17.5 Å². The first-order chi connectivity index (χ1) is 16.5. The van der Waals surface area contributed by atoms with Crippen molar-refractivity contribution >= 4 is 15.7 Å². The highest BCUT2D eigenvalue weighted by Crippen LogP contribution is 2.32. The van der Waals surface area contributed by atoms with E-state index < -0.39 is 10.0 Å². The van der Waals surface area contributed by atoms with Crippen molar-refractivity contribution in [3.63, 3.8) is 0 Å². The molecule has 1 fully saturated rings. The molecule has 5 rings (SSSR count). The smallest absolute Gasteiger partial charge is 0.244 e. The SMILES string of the molecule is O=S1(=O)N[C@@H](Cc2ccccc2)COc2cc(N3CCN(Cc4ccccc4F)CC3)ccc21. The van der Waals surface area contributed by atoms with Crippen LogP contribution in [0.5, 0.6) is 5.75 Å². The number of anilines is 1. The lowest BCUT2D eigenvalue weighted by atomic mass is 10.1. The number of sulfonamides is 1. The Bertz CT molecular complexity index is 1250. The molecule has 2 heterocycles. The van der Waals surface area contributed by atoms with Crippen LogP contribution in [0.15, 0.2) is 77.7 Å². The number of piperazine rings is 1. The molecule has 0 radical (unpaired) electrons. The number of benzene rings is 3. The lowest BCUT2D eigenvalue weighted by Crippen LogP contribution is -2.46. The summed E-state index contributed by atoms with van der Waals surface area (Å²) >= 11 is 0. The van der Waals surface area contributed by atoms with Crippen molar-refractivity contribution in [2.45, 2.75) is 23.9 Å². The van der Waals surface area contributed by atoms with Gasteiger partial charge in [-0.15, -0.1) is 0 Å². The van der Waals surface area contributed by atoms with Crippen LogP contribution in [0.3, 0.4) is 0 Å². The van der Waals surface area contributed by atoms with E-state index in [4.69, 9.17) is 4.74 Å². The first-order valence-corrected chi connectivity index (χ1v) is 13.0. The Morgan fingerprint density at radius 1 is 0.941 bits per heavy atom. The lowest BCUT2D eigenvalue weighted by Gasteiger charge is -2.36. The summed E-state index contributed by atoms with van der Waals surface area (Å²) in [6, 6.07) is 21.6. The van der Waals surface area contributed by atoms with E-state index in [9.17, 15) is 12.8 Å². The van der Waals surface area contributed by atoms with E-state index in [0.717, 1.165) is 37.4 Å². The molecule has 2 aliphatic heterocycles. The van der Waals surface area contributed by atoms with Crippen LogP contribution in [0.25, 0.3) is 0 Å². The summed E-state index contributed by atoms with van der Waals surface area (Å²) in [4.78, 5) is 4.62. The summed E-state index contributed by atoms with van der Waals surface area (Å²) in [6.07, 6.45) is 0.560. The molecule has 0 unspecified atom stereocenters. The van der Waals surface area contributed by atoms with Crippen LogP contribution >= 0.6 is 0 Å². The topological polar surface area (TPSA) is 61.9 Å². The third kappa shape index (κ3) is 5.09. The van der Waals surface area contributed by atoms with Gasteiger partial charge in [-0.25, -0.2) is 17.5 Å². The summed E-state index contributed by atoms with van der Waals surface area (Å²) in [5.41, 5.74) is 2.69. The zero-order chi connectivity index (χ0) is 23.5. The van der Waals surface area contributed by atoms with Gasteiger partial charge >= 0.3 is 0 Å². The number of fused-ring (bicyclic) bond motifs is 1. The Labute approximate surface area is 200 Å². The monoisotopic (exact) mass is 481 g/mol. The molecule has 0 spiro atoms. The van der Waals surface area contributed by atoms with Crippen molar-refractivity contribution in [1.82, 2.24) is 9.62 Å². The maximum atomic E-state index is 14.0. The molecule has 3 aromatic carbocycles. The fourth-order valence-corrected chi connectivity index (χ4v) is 5.91. The van der Waals surface area contributed by atoms with Gasteiger partial charge in [0.15, 0.2) is 0 Å². The van der Waals surface area contributed by atoms with Gasteiger partial charge in [-0.1, -0.05) is 48.5 Å². The van der Waals surface area contributed by atoms with Gasteiger partial charge in [0.2, 0.25) is 10.0 Å². The molecular formula is C26H28FN3O3S. The van der Waals surface area contributed by atoms with Gasteiger partial charge in [0.1, 0.15) is 23.1 Å². The summed E-state index contributed by atoms with van der Waals surface area (Å²) in [6.45, 7) is 3.99. The Balaban J connectivity index is 1.26. The third-order valence-corrected chi connectivity index (χ3v) is 7.95. The minimum absolute atomic E-state index is 0.171. The zero-order valence-electron chi connectivity index (χ0n) is 18.9. The summed E-state index contributed by atoms with van der Waals surface area (Å²) in [7, 11) is -3.68. The van der Waals surface area contributed by atoms with Gasteiger partial charge in [0.25, 0.3) is 0 Å². The maximum Gasteiger partial charge on any atom is 0.244 e. The first-order valence-electron chi connectivity index (χ1n) is 11.5. The van der Waals surface area contributed by atoms with E-state index in [2.05, 4.69) is 14.5 Å². The van der Waals surface area contributed by atoms with E-state index in [1.807, 2.05) is 54.6 Å². The van der Waals surface area contributed by atoms with Crippen LogP contribution in [-0.2, 0) is 23.0 Å². The molecule has 1 saturated heterocycles. The fourth-order valence-electron chi connectivity index (χ4n) is 4.57. The highest BCUT2D eigenvalue weighted by molar-refractivity contribution is 7.89. The average Bonchev–Trinajstić information content (AvgIpc) is 2.97. The Morgan fingerprint density at radius 2 is 1.68 bits per heavy atom. The van der Waals surface area contributed by atoms with Crippen LogP contribution in [0.1, 0.15) is 11.1 Å². The van der Waals surface area contributed by atoms with Crippen molar-refractivity contribution in [1.29, 1.82) is 0 Å². The third-order valence-electron chi connectivity index (χ3n) is 6.39. The van der Waals surface area contributed by atoms with Crippen molar-refractivity contribution in [2.24, 2.45) is 0 Å². The minimum atomic E-state index is -3.68. The van der Waals surface area contributed by atoms with Gasteiger partial charge in [-0.05, 0) is 30.2 Å². The molecule has 1 N–H and O–H groups in total. The summed E-state index contributed by atoms with van der Waals surface area (Å²) in [5, 5.41) is 0. The number of ether oxygens (including phenoxy) is 1. The van der Waals surface area contributed by atoms with Gasteiger partial charge in [-0.2, -0.15) is 0 Å². The molecule has 0 bridgehead atoms. The van der Waals surface area contributed by atoms with E-state index in [1.54, 1.807) is 12.1 Å². The predicted octanol–water partition coefficient (Wildman–Crippen LogP) is 3.43. The summed E-state index contributed by atoms with van der Waals surface area (Å²) in [5.74, 6) is 0.211. The molecule has 0 aromatic heterocycles. The van der Waals surface area contributed by atoms with Crippen molar-refractivity contribution in [3.8, 4) is 5.75 Å². The largest absolute Gasteiger partial charge is 0.490 e. The van der Waals surface area contributed by atoms with E-state index in [-0.39, 0.29) is 23.4 Å². The molecule has 1 atom stereocenters. The summed E-state index contributed by atoms with van der Waals surface area (Å²) < 4.78 is 48.7. The Kier molecular flexibility index (Phi) is 6.54. The van der Waals surface area contributed by atoms with Crippen LogP contribution in [0.4, 0.5) is 10.1 Å². The maximum absolute atomic E-state index is 14.0. The molecule has 6 nitrogen and oxygen atoms in total. The van der Waals surface area contributed by atoms with Gasteiger partial charge < -0.3 is 9.64 Å². The van der Waals surface area contributed by atoms with Crippen molar-refractivity contribution in [3.05, 3.63) is 89.7 Å². The van der Waals surface area contributed by atoms with E-state index in [0.29, 0.717) is 24.3 Å². The molecule has 34 heavy (non-hydrogen) atoms.